The molecule has 1 amide bonds. The summed E-state index contributed by atoms with van der Waals surface area (Å²) >= 11 is 7.79. The van der Waals surface area contributed by atoms with E-state index in [4.69, 9.17) is 17.3 Å². The van der Waals surface area contributed by atoms with Gasteiger partial charge < -0.3 is 10.6 Å². The van der Waals surface area contributed by atoms with Gasteiger partial charge in [0, 0.05) is 29.6 Å². The third kappa shape index (κ3) is 3.07. The number of hydrogen-bond acceptors (Lipinski definition) is 3. The Morgan fingerprint density at radius 3 is 3.00 bits per heavy atom. The number of thioether (sulfide) groups is 1. The Morgan fingerprint density at radius 2 is 2.18 bits per heavy atom. The van der Waals surface area contributed by atoms with E-state index in [2.05, 4.69) is 0 Å². The van der Waals surface area contributed by atoms with Crippen LogP contribution >= 0.6 is 23.4 Å². The molecule has 0 aliphatic carbocycles. The van der Waals surface area contributed by atoms with E-state index in [1.165, 1.54) is 0 Å². The highest BCUT2D eigenvalue weighted by Crippen LogP contribution is 2.21. The molecule has 1 fully saturated rings. The summed E-state index contributed by atoms with van der Waals surface area (Å²) in [7, 11) is 0. The third-order valence-corrected chi connectivity index (χ3v) is 4.04. The largest absolute Gasteiger partial charge is 0.398 e. The summed E-state index contributed by atoms with van der Waals surface area (Å²) in [5, 5.41) is 0.548. The Balaban J connectivity index is 2.20. The standard InChI is InChI=1S/C12H15ClN2OS/c13-9-2-3-11(14)10(8-9)12(16)15-4-1-6-17-7-5-15/h2-3,8H,1,4-7,14H2. The van der Waals surface area contributed by atoms with Gasteiger partial charge in [0.1, 0.15) is 0 Å². The van der Waals surface area contributed by atoms with Gasteiger partial charge >= 0.3 is 0 Å². The first-order valence-electron chi connectivity index (χ1n) is 5.60. The fourth-order valence-electron chi connectivity index (χ4n) is 1.83. The highest BCUT2D eigenvalue weighted by Gasteiger charge is 2.19. The molecule has 1 aromatic rings. The molecule has 0 spiro atoms. The minimum Gasteiger partial charge on any atom is -0.398 e. The maximum Gasteiger partial charge on any atom is 0.256 e. The SMILES string of the molecule is Nc1ccc(Cl)cc1C(=O)N1CCCSCC1. The predicted octanol–water partition coefficient (Wildman–Crippen LogP) is 2.50. The van der Waals surface area contributed by atoms with Crippen LogP contribution < -0.4 is 5.73 Å². The molecule has 1 aliphatic rings. The molecule has 1 saturated heterocycles. The molecule has 2 rings (SSSR count). The van der Waals surface area contributed by atoms with Crippen LogP contribution in [0.3, 0.4) is 0 Å². The maximum atomic E-state index is 12.3. The summed E-state index contributed by atoms with van der Waals surface area (Å²) in [4.78, 5) is 14.2. The van der Waals surface area contributed by atoms with Crippen LogP contribution in [0.1, 0.15) is 16.8 Å². The van der Waals surface area contributed by atoms with Gasteiger partial charge in [0.2, 0.25) is 0 Å². The molecule has 0 radical (unpaired) electrons. The quantitative estimate of drug-likeness (QED) is 0.798. The highest BCUT2D eigenvalue weighted by atomic mass is 35.5. The molecule has 0 atom stereocenters. The van der Waals surface area contributed by atoms with E-state index in [1.54, 1.807) is 18.2 Å². The minimum absolute atomic E-state index is 0.00694. The zero-order chi connectivity index (χ0) is 12.3. The zero-order valence-corrected chi connectivity index (χ0v) is 11.1. The van der Waals surface area contributed by atoms with Gasteiger partial charge in [-0.1, -0.05) is 11.6 Å². The van der Waals surface area contributed by atoms with E-state index in [0.717, 1.165) is 31.0 Å². The Kier molecular flexibility index (Phi) is 4.18. The Labute approximate surface area is 110 Å². The fourth-order valence-corrected chi connectivity index (χ4v) is 2.89. The lowest BCUT2D eigenvalue weighted by molar-refractivity contribution is 0.0769. The van der Waals surface area contributed by atoms with E-state index in [-0.39, 0.29) is 5.91 Å². The molecule has 2 N–H and O–H groups in total. The van der Waals surface area contributed by atoms with Crippen molar-refractivity contribution in [3.05, 3.63) is 28.8 Å². The van der Waals surface area contributed by atoms with Crippen molar-refractivity contribution >= 4 is 35.0 Å². The number of rotatable bonds is 1. The Hall–Kier alpha value is -0.870. The van der Waals surface area contributed by atoms with Gasteiger partial charge in [-0.05, 0) is 30.4 Å². The molecule has 92 valence electrons. The van der Waals surface area contributed by atoms with Crippen LogP contribution in [0.2, 0.25) is 5.02 Å². The van der Waals surface area contributed by atoms with E-state index in [0.29, 0.717) is 16.3 Å². The van der Waals surface area contributed by atoms with Crippen molar-refractivity contribution in [3.63, 3.8) is 0 Å². The van der Waals surface area contributed by atoms with Gasteiger partial charge in [-0.15, -0.1) is 0 Å². The normalized spacial score (nSPS) is 16.6. The molecule has 3 nitrogen and oxygen atoms in total. The summed E-state index contributed by atoms with van der Waals surface area (Å²) in [6.07, 6.45) is 1.04. The molecule has 5 heteroatoms. The number of nitrogen functional groups attached to an aromatic ring is 1. The molecule has 0 saturated carbocycles. The first kappa shape index (κ1) is 12.6. The summed E-state index contributed by atoms with van der Waals surface area (Å²) in [6.45, 7) is 1.59. The number of amides is 1. The number of benzene rings is 1. The maximum absolute atomic E-state index is 12.3. The third-order valence-electron chi connectivity index (χ3n) is 2.76. The first-order valence-corrected chi connectivity index (χ1v) is 7.14. The second-order valence-corrected chi connectivity index (χ2v) is 5.65. The van der Waals surface area contributed by atoms with Gasteiger partial charge in [0.05, 0.1) is 5.56 Å². The van der Waals surface area contributed by atoms with Crippen molar-refractivity contribution in [2.24, 2.45) is 0 Å². The molecule has 1 heterocycles. The molecule has 1 aromatic carbocycles. The number of carbonyl (C=O) groups excluding carboxylic acids is 1. The minimum atomic E-state index is -0.00694. The number of anilines is 1. The lowest BCUT2D eigenvalue weighted by atomic mass is 10.1. The van der Waals surface area contributed by atoms with Crippen molar-refractivity contribution in [2.75, 3.05) is 30.3 Å². The van der Waals surface area contributed by atoms with Gasteiger partial charge in [0.15, 0.2) is 0 Å². The lowest BCUT2D eigenvalue weighted by Gasteiger charge is -2.20. The molecule has 1 aliphatic heterocycles. The van der Waals surface area contributed by atoms with Crippen molar-refractivity contribution in [2.45, 2.75) is 6.42 Å². The topological polar surface area (TPSA) is 46.3 Å². The van der Waals surface area contributed by atoms with Gasteiger partial charge in [-0.3, -0.25) is 4.79 Å². The number of carbonyl (C=O) groups is 1. The van der Waals surface area contributed by atoms with Gasteiger partial charge in [0.25, 0.3) is 5.91 Å². The van der Waals surface area contributed by atoms with E-state index in [1.807, 2.05) is 16.7 Å². The smallest absolute Gasteiger partial charge is 0.256 e. The van der Waals surface area contributed by atoms with Crippen molar-refractivity contribution in [1.82, 2.24) is 4.90 Å². The monoisotopic (exact) mass is 270 g/mol. The molecular weight excluding hydrogens is 256 g/mol. The van der Waals surface area contributed by atoms with Gasteiger partial charge in [-0.25, -0.2) is 0 Å². The average Bonchev–Trinajstić information content (AvgIpc) is 2.60. The van der Waals surface area contributed by atoms with E-state index < -0.39 is 0 Å². The molecular formula is C12H15ClN2OS. The van der Waals surface area contributed by atoms with E-state index >= 15 is 0 Å². The summed E-state index contributed by atoms with van der Waals surface area (Å²) in [6, 6.07) is 5.03. The van der Waals surface area contributed by atoms with E-state index in [9.17, 15) is 4.79 Å². The zero-order valence-electron chi connectivity index (χ0n) is 9.49. The Morgan fingerprint density at radius 1 is 1.35 bits per heavy atom. The molecule has 0 aromatic heterocycles. The molecule has 0 unspecified atom stereocenters. The van der Waals surface area contributed by atoms with Crippen LogP contribution in [0.25, 0.3) is 0 Å². The fraction of sp³-hybridized carbons (Fsp3) is 0.417. The van der Waals surface area contributed by atoms with Crippen LogP contribution in [0, 0.1) is 0 Å². The van der Waals surface area contributed by atoms with Crippen molar-refractivity contribution in [3.8, 4) is 0 Å². The van der Waals surface area contributed by atoms with Crippen LogP contribution in [0.4, 0.5) is 5.69 Å². The number of hydrogen-bond donors (Lipinski definition) is 1. The van der Waals surface area contributed by atoms with Crippen LogP contribution in [0.15, 0.2) is 18.2 Å². The van der Waals surface area contributed by atoms with Gasteiger partial charge in [-0.2, -0.15) is 11.8 Å². The molecule has 0 bridgehead atoms. The second kappa shape index (κ2) is 5.65. The predicted molar refractivity (Wildman–Crippen MR) is 73.7 cm³/mol. The van der Waals surface area contributed by atoms with Crippen molar-refractivity contribution in [1.29, 1.82) is 0 Å². The van der Waals surface area contributed by atoms with Crippen molar-refractivity contribution < 1.29 is 4.79 Å². The number of halogens is 1. The Bertz CT molecular complexity index is 417. The van der Waals surface area contributed by atoms with Crippen LogP contribution in [-0.2, 0) is 0 Å². The summed E-state index contributed by atoms with van der Waals surface area (Å²) in [5.41, 5.74) is 6.84. The van der Waals surface area contributed by atoms with Crippen LogP contribution in [0.5, 0.6) is 0 Å². The van der Waals surface area contributed by atoms with Crippen LogP contribution in [-0.4, -0.2) is 35.4 Å². The summed E-state index contributed by atoms with van der Waals surface area (Å²) < 4.78 is 0. The lowest BCUT2D eigenvalue weighted by Crippen LogP contribution is -2.33. The molecule has 17 heavy (non-hydrogen) atoms. The average molecular weight is 271 g/mol. The second-order valence-electron chi connectivity index (χ2n) is 3.99. The first-order chi connectivity index (χ1) is 8.18. The number of nitrogens with zero attached hydrogens (tertiary/aromatic N) is 1. The summed E-state index contributed by atoms with van der Waals surface area (Å²) in [5.74, 6) is 2.11. The highest BCUT2D eigenvalue weighted by molar-refractivity contribution is 7.99. The number of nitrogens with two attached hydrogens (primary N) is 1.